The molecule has 0 amide bonds. The molecule has 0 bridgehead atoms. The van der Waals surface area contributed by atoms with Gasteiger partial charge in [-0.2, -0.15) is 10.2 Å². The van der Waals surface area contributed by atoms with Gasteiger partial charge in [0.1, 0.15) is 5.82 Å². The molecule has 7 heteroatoms. The van der Waals surface area contributed by atoms with E-state index >= 15 is 0 Å². The summed E-state index contributed by atoms with van der Waals surface area (Å²) in [5.41, 5.74) is 2.73. The van der Waals surface area contributed by atoms with Gasteiger partial charge in [-0.3, -0.25) is 9.25 Å². The normalized spacial score (nSPS) is 26.0. The van der Waals surface area contributed by atoms with E-state index in [2.05, 4.69) is 15.5 Å². The highest BCUT2D eigenvalue weighted by molar-refractivity contribution is 5.25. The van der Waals surface area contributed by atoms with Crippen molar-refractivity contribution in [2.75, 3.05) is 0 Å². The maximum atomic E-state index is 12.0. The van der Waals surface area contributed by atoms with Gasteiger partial charge in [0.25, 0.3) is 0 Å². The number of nitrogens with one attached hydrogen (secondary N) is 1. The second-order valence-corrected chi connectivity index (χ2v) is 8.02. The number of hydrogen-bond acceptors (Lipinski definition) is 4. The van der Waals surface area contributed by atoms with Crippen LogP contribution in [0.5, 0.6) is 0 Å². The second kappa shape index (κ2) is 7.02. The summed E-state index contributed by atoms with van der Waals surface area (Å²) < 4.78 is 5.18. The fraction of sp³-hybridized carbons (Fsp3) is 0.737. The van der Waals surface area contributed by atoms with Crippen LogP contribution in [0.3, 0.4) is 0 Å². The number of aryl methyl sites for hydroxylation is 2. The minimum Gasteiger partial charge on any atom is -0.307 e. The molecule has 0 radical (unpaired) electrons. The minimum atomic E-state index is -0.0346. The van der Waals surface area contributed by atoms with Gasteiger partial charge in [-0.25, -0.2) is 9.48 Å². The Kier molecular flexibility index (Phi) is 4.73. The quantitative estimate of drug-likeness (QED) is 0.902. The monoisotopic (exact) mass is 358 g/mol. The van der Waals surface area contributed by atoms with Crippen molar-refractivity contribution >= 4 is 0 Å². The molecule has 2 aliphatic carbocycles. The number of aromatic nitrogens is 5. The zero-order valence-corrected chi connectivity index (χ0v) is 16.1. The van der Waals surface area contributed by atoms with Crippen LogP contribution in [-0.4, -0.2) is 30.2 Å². The van der Waals surface area contributed by atoms with Crippen molar-refractivity contribution in [2.24, 2.45) is 27.1 Å². The number of fused-ring (bicyclic) bond motifs is 1. The van der Waals surface area contributed by atoms with Crippen molar-refractivity contribution in [2.45, 2.75) is 63.5 Å². The summed E-state index contributed by atoms with van der Waals surface area (Å²) in [6.45, 7) is 0. The third-order valence-corrected chi connectivity index (χ3v) is 6.36. The molecule has 2 aliphatic rings. The molecule has 0 saturated heterocycles. The molecule has 1 N–H and O–H groups in total. The Morgan fingerprint density at radius 1 is 1.12 bits per heavy atom. The van der Waals surface area contributed by atoms with Crippen molar-refractivity contribution in [1.29, 1.82) is 0 Å². The highest BCUT2D eigenvalue weighted by Crippen LogP contribution is 2.33. The molecule has 0 aromatic carbocycles. The molecule has 1 fully saturated rings. The lowest BCUT2D eigenvalue weighted by atomic mass is 9.81. The van der Waals surface area contributed by atoms with Crippen LogP contribution in [0.4, 0.5) is 0 Å². The summed E-state index contributed by atoms with van der Waals surface area (Å²) in [5, 5.41) is 12.9. The van der Waals surface area contributed by atoms with Crippen LogP contribution < -0.4 is 11.0 Å². The van der Waals surface area contributed by atoms with Crippen LogP contribution in [-0.2, 0) is 34.0 Å². The zero-order valence-electron chi connectivity index (χ0n) is 16.1. The van der Waals surface area contributed by atoms with E-state index < -0.39 is 0 Å². The number of rotatable bonds is 4. The van der Waals surface area contributed by atoms with Crippen molar-refractivity contribution < 1.29 is 0 Å². The molecule has 2 aromatic heterocycles. The highest BCUT2D eigenvalue weighted by atomic mass is 16.2. The van der Waals surface area contributed by atoms with Crippen LogP contribution >= 0.6 is 0 Å². The fourth-order valence-electron chi connectivity index (χ4n) is 4.83. The van der Waals surface area contributed by atoms with Crippen LogP contribution in [0.1, 0.15) is 61.6 Å². The first-order chi connectivity index (χ1) is 12.5. The van der Waals surface area contributed by atoms with E-state index in [0.717, 1.165) is 18.7 Å². The van der Waals surface area contributed by atoms with E-state index in [1.54, 1.807) is 11.6 Å². The lowest BCUT2D eigenvalue weighted by Crippen LogP contribution is -2.42. The molecule has 3 atom stereocenters. The van der Waals surface area contributed by atoms with Gasteiger partial charge in [0, 0.05) is 50.9 Å². The molecule has 0 spiro atoms. The fourth-order valence-corrected chi connectivity index (χ4v) is 4.83. The predicted molar refractivity (Wildman–Crippen MR) is 99.9 cm³/mol. The maximum absolute atomic E-state index is 12.0. The molecule has 26 heavy (non-hydrogen) atoms. The first kappa shape index (κ1) is 17.5. The van der Waals surface area contributed by atoms with Crippen molar-refractivity contribution in [3.05, 3.63) is 33.8 Å². The minimum absolute atomic E-state index is 0.0346. The first-order valence-corrected chi connectivity index (χ1v) is 9.90. The second-order valence-electron chi connectivity index (χ2n) is 8.02. The average Bonchev–Trinajstić information content (AvgIpc) is 3.13. The third kappa shape index (κ3) is 3.13. The standard InChI is InChI=1S/C19H30N6O/c1-23-18(22-25(3)19(23)26)11-13-7-4-5-8-15(13)21-16-9-6-10-17-14(16)12-20-24(17)2/h12-13,15-16,21H,4-11H2,1-3H3/t13-,15-,16?/m1/s1. The molecule has 7 nitrogen and oxygen atoms in total. The summed E-state index contributed by atoms with van der Waals surface area (Å²) >= 11 is 0. The molecule has 2 aromatic rings. The molecule has 2 heterocycles. The van der Waals surface area contributed by atoms with E-state index in [9.17, 15) is 4.79 Å². The Morgan fingerprint density at radius 3 is 2.69 bits per heavy atom. The Balaban J connectivity index is 1.51. The van der Waals surface area contributed by atoms with Crippen LogP contribution in [0.25, 0.3) is 0 Å². The predicted octanol–water partition coefficient (Wildman–Crippen LogP) is 1.62. The summed E-state index contributed by atoms with van der Waals surface area (Å²) in [5.74, 6) is 1.44. The van der Waals surface area contributed by atoms with E-state index in [1.807, 2.05) is 25.0 Å². The average molecular weight is 358 g/mol. The smallest absolute Gasteiger partial charge is 0.307 e. The van der Waals surface area contributed by atoms with Gasteiger partial charge >= 0.3 is 5.69 Å². The highest BCUT2D eigenvalue weighted by Gasteiger charge is 2.31. The van der Waals surface area contributed by atoms with Crippen molar-refractivity contribution in [1.82, 2.24) is 29.4 Å². The first-order valence-electron chi connectivity index (χ1n) is 9.90. The van der Waals surface area contributed by atoms with E-state index in [0.29, 0.717) is 18.0 Å². The topological polar surface area (TPSA) is 69.7 Å². The molecule has 4 rings (SSSR count). The maximum Gasteiger partial charge on any atom is 0.345 e. The SMILES string of the molecule is Cn1ncc2c1CCCC2N[C@@H]1CCCC[C@@H]1Cc1nn(C)c(=O)n1C. The molecule has 0 aliphatic heterocycles. The van der Waals surface area contributed by atoms with Crippen molar-refractivity contribution in [3.8, 4) is 0 Å². The van der Waals surface area contributed by atoms with Gasteiger partial charge in [-0.1, -0.05) is 12.8 Å². The molecule has 142 valence electrons. The molecular formula is C19H30N6O. The summed E-state index contributed by atoms with van der Waals surface area (Å²) in [6.07, 6.45) is 11.4. The lowest BCUT2D eigenvalue weighted by Gasteiger charge is -2.36. The van der Waals surface area contributed by atoms with Gasteiger partial charge < -0.3 is 5.32 Å². The lowest BCUT2D eigenvalue weighted by molar-refractivity contribution is 0.229. The van der Waals surface area contributed by atoms with E-state index in [-0.39, 0.29) is 5.69 Å². The van der Waals surface area contributed by atoms with Gasteiger partial charge in [0.2, 0.25) is 0 Å². The molecular weight excluding hydrogens is 328 g/mol. The van der Waals surface area contributed by atoms with Crippen molar-refractivity contribution in [3.63, 3.8) is 0 Å². The summed E-state index contributed by atoms with van der Waals surface area (Å²) in [7, 11) is 5.61. The molecule has 1 saturated carbocycles. The van der Waals surface area contributed by atoms with Crippen LogP contribution in [0.15, 0.2) is 11.0 Å². The summed E-state index contributed by atoms with van der Waals surface area (Å²) in [4.78, 5) is 12.0. The van der Waals surface area contributed by atoms with E-state index in [1.165, 1.54) is 54.5 Å². The van der Waals surface area contributed by atoms with Crippen LogP contribution in [0.2, 0.25) is 0 Å². The third-order valence-electron chi connectivity index (χ3n) is 6.36. The Bertz CT molecular complexity index is 832. The van der Waals surface area contributed by atoms with Gasteiger partial charge in [-0.05, 0) is 38.0 Å². The van der Waals surface area contributed by atoms with Gasteiger partial charge in [0.15, 0.2) is 0 Å². The largest absolute Gasteiger partial charge is 0.345 e. The Morgan fingerprint density at radius 2 is 1.92 bits per heavy atom. The zero-order chi connectivity index (χ0) is 18.3. The summed E-state index contributed by atoms with van der Waals surface area (Å²) in [6, 6.07) is 0.891. The van der Waals surface area contributed by atoms with Gasteiger partial charge in [-0.15, -0.1) is 0 Å². The van der Waals surface area contributed by atoms with Crippen LogP contribution in [0, 0.1) is 5.92 Å². The Labute approximate surface area is 154 Å². The number of hydrogen-bond donors (Lipinski definition) is 1. The Hall–Kier alpha value is -1.89. The van der Waals surface area contributed by atoms with Gasteiger partial charge in [0.05, 0.1) is 6.20 Å². The van der Waals surface area contributed by atoms with E-state index in [4.69, 9.17) is 0 Å². The molecule has 1 unspecified atom stereocenters. The number of nitrogens with zero attached hydrogens (tertiary/aromatic N) is 5.